The first-order valence-electron chi connectivity index (χ1n) is 7.39. The zero-order chi connectivity index (χ0) is 15.5. The number of carbonyl (C=O) groups excluding carboxylic acids is 1. The molecule has 1 atom stereocenters. The molecule has 1 aromatic rings. The van der Waals surface area contributed by atoms with Gasteiger partial charge in [0, 0.05) is 6.54 Å². The second-order valence-electron chi connectivity index (χ2n) is 6.41. The van der Waals surface area contributed by atoms with E-state index in [1.54, 1.807) is 12.1 Å². The molecule has 1 aliphatic heterocycles. The molecule has 3 N–H and O–H groups in total. The number of anilines is 1. The van der Waals surface area contributed by atoms with Gasteiger partial charge in [-0.25, -0.2) is 4.79 Å². The Hall–Kier alpha value is -1.75. The van der Waals surface area contributed by atoms with Gasteiger partial charge in [0.25, 0.3) is 0 Å². The number of amides is 1. The Kier molecular flexibility index (Phi) is 4.73. The van der Waals surface area contributed by atoms with E-state index >= 15 is 0 Å². The third-order valence-electron chi connectivity index (χ3n) is 3.44. The normalized spacial score (nSPS) is 19.1. The van der Waals surface area contributed by atoms with Crippen molar-refractivity contribution >= 4 is 11.8 Å². The summed E-state index contributed by atoms with van der Waals surface area (Å²) in [5.74, 6) is 0.361. The molecule has 0 spiro atoms. The average molecular weight is 292 g/mol. The van der Waals surface area contributed by atoms with E-state index in [1.807, 2.05) is 26.8 Å². The minimum absolute atomic E-state index is 0.0731. The number of hydrogen-bond donors (Lipinski definition) is 3. The number of para-hydroxylation sites is 1. The lowest BCUT2D eigenvalue weighted by molar-refractivity contribution is 0.0635. The Morgan fingerprint density at radius 1 is 1.43 bits per heavy atom. The summed E-state index contributed by atoms with van der Waals surface area (Å²) < 4.78 is 5.26. The Labute approximate surface area is 125 Å². The van der Waals surface area contributed by atoms with Crippen LogP contribution in [0.15, 0.2) is 18.2 Å². The molecular weight excluding hydrogens is 268 g/mol. The molecule has 1 saturated heterocycles. The van der Waals surface area contributed by atoms with Crippen LogP contribution >= 0.6 is 0 Å². The van der Waals surface area contributed by atoms with Crippen LogP contribution in [0.1, 0.15) is 45.1 Å². The maximum atomic E-state index is 12.0. The second kappa shape index (κ2) is 6.35. The fourth-order valence-corrected chi connectivity index (χ4v) is 2.56. The summed E-state index contributed by atoms with van der Waals surface area (Å²) >= 11 is 0. The van der Waals surface area contributed by atoms with Gasteiger partial charge in [-0.1, -0.05) is 12.1 Å². The fourth-order valence-electron chi connectivity index (χ4n) is 2.56. The largest absolute Gasteiger partial charge is 0.506 e. The number of ether oxygens (including phenoxy) is 1. The van der Waals surface area contributed by atoms with Crippen LogP contribution in [0, 0.1) is 0 Å². The number of aromatic hydroxyl groups is 1. The first-order valence-corrected chi connectivity index (χ1v) is 7.39. The predicted molar refractivity (Wildman–Crippen MR) is 82.8 cm³/mol. The molecular formula is C16H24N2O3. The van der Waals surface area contributed by atoms with Gasteiger partial charge >= 0.3 is 6.09 Å². The summed E-state index contributed by atoms with van der Waals surface area (Å²) in [6, 6.07) is 5.33. The van der Waals surface area contributed by atoms with Crippen molar-refractivity contribution in [2.24, 2.45) is 0 Å². The van der Waals surface area contributed by atoms with Crippen LogP contribution in [0.2, 0.25) is 0 Å². The van der Waals surface area contributed by atoms with E-state index in [2.05, 4.69) is 10.6 Å². The van der Waals surface area contributed by atoms with Crippen LogP contribution in [0.3, 0.4) is 0 Å². The third-order valence-corrected chi connectivity index (χ3v) is 3.44. The Balaban J connectivity index is 2.19. The highest BCUT2D eigenvalue weighted by molar-refractivity contribution is 5.88. The lowest BCUT2D eigenvalue weighted by Gasteiger charge is -2.26. The van der Waals surface area contributed by atoms with E-state index in [1.165, 1.54) is 0 Å². The highest BCUT2D eigenvalue weighted by Crippen LogP contribution is 2.35. The zero-order valence-corrected chi connectivity index (χ0v) is 12.9. The highest BCUT2D eigenvalue weighted by atomic mass is 16.6. The monoisotopic (exact) mass is 292 g/mol. The third kappa shape index (κ3) is 4.36. The van der Waals surface area contributed by atoms with Gasteiger partial charge in [0.2, 0.25) is 0 Å². The molecule has 2 rings (SSSR count). The number of phenolic OH excluding ortho intramolecular Hbond substituents is 1. The van der Waals surface area contributed by atoms with E-state index in [9.17, 15) is 9.90 Å². The van der Waals surface area contributed by atoms with Gasteiger partial charge in [-0.05, 0) is 57.7 Å². The van der Waals surface area contributed by atoms with Crippen molar-refractivity contribution < 1.29 is 14.6 Å². The zero-order valence-electron chi connectivity index (χ0n) is 12.9. The van der Waals surface area contributed by atoms with Crippen molar-refractivity contribution in [2.75, 3.05) is 18.4 Å². The molecule has 0 radical (unpaired) electrons. The van der Waals surface area contributed by atoms with Crippen molar-refractivity contribution in [2.45, 2.75) is 45.1 Å². The molecule has 0 aliphatic carbocycles. The topological polar surface area (TPSA) is 70.6 Å². The summed E-state index contributed by atoms with van der Waals surface area (Å²) in [7, 11) is 0. The summed E-state index contributed by atoms with van der Waals surface area (Å²) in [6.07, 6.45) is 1.58. The minimum Gasteiger partial charge on any atom is -0.506 e. The molecule has 1 amide bonds. The number of rotatable bonds is 2. The number of nitrogens with one attached hydrogen (secondary N) is 2. The molecule has 1 aromatic carbocycles. The van der Waals surface area contributed by atoms with Gasteiger partial charge in [-0.3, -0.25) is 5.32 Å². The van der Waals surface area contributed by atoms with Crippen molar-refractivity contribution in [1.29, 1.82) is 0 Å². The Morgan fingerprint density at radius 3 is 2.81 bits per heavy atom. The number of carbonyl (C=O) groups is 1. The molecule has 1 unspecified atom stereocenters. The fraction of sp³-hybridized carbons (Fsp3) is 0.562. The summed E-state index contributed by atoms with van der Waals surface area (Å²) in [4.78, 5) is 12.0. The van der Waals surface area contributed by atoms with E-state index in [0.717, 1.165) is 31.5 Å². The minimum atomic E-state index is -0.568. The number of phenols is 1. The van der Waals surface area contributed by atoms with Gasteiger partial charge in [0.15, 0.2) is 0 Å². The quantitative estimate of drug-likeness (QED) is 0.732. The smallest absolute Gasteiger partial charge is 0.412 e. The van der Waals surface area contributed by atoms with Crippen molar-refractivity contribution in [3.63, 3.8) is 0 Å². The van der Waals surface area contributed by atoms with Crippen molar-refractivity contribution in [3.8, 4) is 5.75 Å². The van der Waals surface area contributed by atoms with Crippen LogP contribution in [0.25, 0.3) is 0 Å². The highest BCUT2D eigenvalue weighted by Gasteiger charge is 2.23. The maximum absolute atomic E-state index is 12.0. The summed E-state index contributed by atoms with van der Waals surface area (Å²) in [6.45, 7) is 7.30. The summed E-state index contributed by atoms with van der Waals surface area (Å²) in [5, 5.41) is 16.1. The second-order valence-corrected chi connectivity index (χ2v) is 6.41. The lowest BCUT2D eigenvalue weighted by Crippen LogP contribution is -2.30. The predicted octanol–water partition coefficient (Wildman–Crippen LogP) is 3.21. The van der Waals surface area contributed by atoms with Crippen molar-refractivity contribution in [3.05, 3.63) is 23.8 Å². The molecule has 116 valence electrons. The molecule has 21 heavy (non-hydrogen) atoms. The number of hydrogen-bond acceptors (Lipinski definition) is 4. The van der Waals surface area contributed by atoms with Crippen LogP contribution in [-0.2, 0) is 4.74 Å². The van der Waals surface area contributed by atoms with Gasteiger partial charge < -0.3 is 15.2 Å². The first kappa shape index (κ1) is 15.6. The molecule has 5 nitrogen and oxygen atoms in total. The maximum Gasteiger partial charge on any atom is 0.412 e. The summed E-state index contributed by atoms with van der Waals surface area (Å²) in [5.41, 5.74) is 0.842. The number of benzene rings is 1. The van der Waals surface area contributed by atoms with E-state index in [0.29, 0.717) is 5.69 Å². The van der Waals surface area contributed by atoms with Gasteiger partial charge in [-0.2, -0.15) is 0 Å². The first-order chi connectivity index (χ1) is 9.87. The van der Waals surface area contributed by atoms with Crippen LogP contribution < -0.4 is 10.6 Å². The molecule has 5 heteroatoms. The molecule has 1 heterocycles. The van der Waals surface area contributed by atoms with E-state index in [4.69, 9.17) is 4.74 Å². The average Bonchev–Trinajstić information content (AvgIpc) is 2.40. The van der Waals surface area contributed by atoms with Crippen LogP contribution in [0.5, 0.6) is 5.75 Å². The van der Waals surface area contributed by atoms with Crippen molar-refractivity contribution in [1.82, 2.24) is 5.32 Å². The lowest BCUT2D eigenvalue weighted by atomic mass is 9.90. The molecule has 0 saturated carbocycles. The Morgan fingerprint density at radius 2 is 2.19 bits per heavy atom. The van der Waals surface area contributed by atoms with Gasteiger partial charge in [0.1, 0.15) is 11.4 Å². The van der Waals surface area contributed by atoms with Crippen LogP contribution in [0.4, 0.5) is 10.5 Å². The SMILES string of the molecule is CC(C)(C)OC(=O)Nc1c(O)cccc1C1CCCNC1. The van der Waals surface area contributed by atoms with Gasteiger partial charge in [-0.15, -0.1) is 0 Å². The molecule has 0 bridgehead atoms. The molecule has 1 aliphatic rings. The van der Waals surface area contributed by atoms with Gasteiger partial charge in [0.05, 0.1) is 5.69 Å². The molecule has 1 fully saturated rings. The van der Waals surface area contributed by atoms with Crippen LogP contribution in [-0.4, -0.2) is 29.9 Å². The standard InChI is InChI=1S/C16H24N2O3/c1-16(2,3)21-15(20)18-14-12(7-4-8-13(14)19)11-6-5-9-17-10-11/h4,7-8,11,17,19H,5-6,9-10H2,1-3H3,(H,18,20). The Bertz CT molecular complexity index is 503. The number of piperidine rings is 1. The van der Waals surface area contributed by atoms with E-state index < -0.39 is 11.7 Å². The molecule has 0 aromatic heterocycles. The van der Waals surface area contributed by atoms with E-state index in [-0.39, 0.29) is 11.7 Å².